The minimum Gasteiger partial charge on any atom is -0.489 e. The van der Waals surface area contributed by atoms with Crippen molar-refractivity contribution in [3.05, 3.63) is 30.1 Å². The van der Waals surface area contributed by atoms with Crippen molar-refractivity contribution < 1.29 is 19.0 Å². The molecule has 0 saturated carbocycles. The smallest absolute Gasteiger partial charge is 0.315 e. The molecule has 5 nitrogen and oxygen atoms in total. The molecule has 0 radical (unpaired) electrons. The van der Waals surface area contributed by atoms with Crippen LogP contribution in [0.4, 0.5) is 9.18 Å². The predicted octanol–water partition coefficient (Wildman–Crippen LogP) is 2.05. The zero-order valence-electron chi connectivity index (χ0n) is 12.4. The summed E-state index contributed by atoms with van der Waals surface area (Å²) < 4.78 is 18.3. The molecule has 0 spiro atoms. The minimum atomic E-state index is -0.318. The van der Waals surface area contributed by atoms with Crippen molar-refractivity contribution >= 4 is 6.03 Å². The zero-order valence-corrected chi connectivity index (χ0v) is 12.4. The van der Waals surface area contributed by atoms with Gasteiger partial charge in [-0.1, -0.05) is 6.92 Å². The lowest BCUT2D eigenvalue weighted by Crippen LogP contribution is -2.45. The summed E-state index contributed by atoms with van der Waals surface area (Å²) in [5, 5.41) is 14.3. The van der Waals surface area contributed by atoms with E-state index in [1.165, 1.54) is 12.1 Å². The molecule has 6 heteroatoms. The molecule has 3 N–H and O–H groups in total. The molecule has 2 amide bonds. The first-order chi connectivity index (χ1) is 10.0. The first-order valence-corrected chi connectivity index (χ1v) is 7.12. The van der Waals surface area contributed by atoms with E-state index in [0.29, 0.717) is 18.7 Å². The van der Waals surface area contributed by atoms with Crippen LogP contribution in [0.3, 0.4) is 0 Å². The van der Waals surface area contributed by atoms with E-state index in [1.807, 2.05) is 13.8 Å². The number of amides is 2. The number of aliphatic hydroxyl groups excluding tert-OH is 1. The summed E-state index contributed by atoms with van der Waals surface area (Å²) in [5.74, 6) is 0.236. The Morgan fingerprint density at radius 3 is 2.62 bits per heavy atom. The summed E-state index contributed by atoms with van der Waals surface area (Å²) in [5.41, 5.74) is 0. The Morgan fingerprint density at radius 1 is 1.38 bits per heavy atom. The van der Waals surface area contributed by atoms with Gasteiger partial charge in [-0.2, -0.15) is 0 Å². The second-order valence-corrected chi connectivity index (χ2v) is 4.85. The number of urea groups is 1. The van der Waals surface area contributed by atoms with E-state index < -0.39 is 0 Å². The van der Waals surface area contributed by atoms with Gasteiger partial charge in [0.05, 0.1) is 6.54 Å². The third kappa shape index (κ3) is 6.94. The number of benzene rings is 1. The van der Waals surface area contributed by atoms with Crippen LogP contribution in [0.15, 0.2) is 24.3 Å². The summed E-state index contributed by atoms with van der Waals surface area (Å²) in [6, 6.07) is 5.40. The summed E-state index contributed by atoms with van der Waals surface area (Å²) >= 11 is 0. The number of hydrogen-bond acceptors (Lipinski definition) is 3. The van der Waals surface area contributed by atoms with Crippen molar-refractivity contribution in [2.45, 2.75) is 38.8 Å². The van der Waals surface area contributed by atoms with Crippen molar-refractivity contribution in [1.82, 2.24) is 10.6 Å². The lowest BCUT2D eigenvalue weighted by molar-refractivity contribution is 0.203. The highest BCUT2D eigenvalue weighted by Crippen LogP contribution is 2.12. The van der Waals surface area contributed by atoms with Crippen LogP contribution in [-0.2, 0) is 0 Å². The Labute approximate surface area is 124 Å². The topological polar surface area (TPSA) is 70.6 Å². The van der Waals surface area contributed by atoms with Gasteiger partial charge in [0.1, 0.15) is 17.7 Å². The Kier molecular flexibility index (Phi) is 7.53. The van der Waals surface area contributed by atoms with E-state index >= 15 is 0 Å². The standard InChI is InChI=1S/C15H23FN2O3/c1-3-13(8-9-19)18-15(20)17-10-11(2)21-14-6-4-12(16)5-7-14/h4-7,11,13,19H,3,8-10H2,1-2H3,(H2,17,18,20). The van der Waals surface area contributed by atoms with Gasteiger partial charge in [-0.25, -0.2) is 9.18 Å². The molecule has 0 fully saturated rings. The number of hydrogen-bond donors (Lipinski definition) is 3. The van der Waals surface area contributed by atoms with Gasteiger partial charge in [-0.05, 0) is 44.0 Å². The maximum absolute atomic E-state index is 12.8. The fourth-order valence-electron chi connectivity index (χ4n) is 1.79. The van der Waals surface area contributed by atoms with Gasteiger partial charge in [0, 0.05) is 12.6 Å². The second kappa shape index (κ2) is 9.18. The molecule has 2 unspecified atom stereocenters. The van der Waals surface area contributed by atoms with Gasteiger partial charge in [-0.3, -0.25) is 0 Å². The molecular formula is C15H23FN2O3. The highest BCUT2D eigenvalue weighted by atomic mass is 19.1. The number of nitrogens with one attached hydrogen (secondary N) is 2. The summed E-state index contributed by atoms with van der Waals surface area (Å²) in [7, 11) is 0. The number of carbonyl (C=O) groups excluding carboxylic acids is 1. The van der Waals surface area contributed by atoms with Gasteiger partial charge in [0.2, 0.25) is 0 Å². The molecule has 0 aliphatic carbocycles. The predicted molar refractivity (Wildman–Crippen MR) is 78.8 cm³/mol. The van der Waals surface area contributed by atoms with Gasteiger partial charge in [0.25, 0.3) is 0 Å². The van der Waals surface area contributed by atoms with Crippen LogP contribution in [0.2, 0.25) is 0 Å². The summed E-state index contributed by atoms with van der Waals surface area (Å²) in [4.78, 5) is 11.7. The molecular weight excluding hydrogens is 275 g/mol. The van der Waals surface area contributed by atoms with Crippen LogP contribution < -0.4 is 15.4 Å². The molecule has 1 rings (SSSR count). The van der Waals surface area contributed by atoms with Crippen molar-refractivity contribution in [2.75, 3.05) is 13.2 Å². The van der Waals surface area contributed by atoms with Gasteiger partial charge < -0.3 is 20.5 Å². The van der Waals surface area contributed by atoms with Crippen molar-refractivity contribution in [3.8, 4) is 5.75 Å². The number of ether oxygens (including phenoxy) is 1. The normalized spacial score (nSPS) is 13.3. The molecule has 2 atom stereocenters. The third-order valence-electron chi connectivity index (χ3n) is 3.01. The monoisotopic (exact) mass is 298 g/mol. The van der Waals surface area contributed by atoms with Gasteiger partial charge in [0.15, 0.2) is 0 Å². The fourth-order valence-corrected chi connectivity index (χ4v) is 1.79. The van der Waals surface area contributed by atoms with E-state index in [-0.39, 0.29) is 30.6 Å². The second-order valence-electron chi connectivity index (χ2n) is 4.85. The Balaban J connectivity index is 2.30. The van der Waals surface area contributed by atoms with E-state index in [2.05, 4.69) is 10.6 Å². The average molecular weight is 298 g/mol. The molecule has 1 aromatic rings. The number of carbonyl (C=O) groups is 1. The van der Waals surface area contributed by atoms with Crippen LogP contribution in [-0.4, -0.2) is 36.4 Å². The van der Waals surface area contributed by atoms with Crippen LogP contribution in [0, 0.1) is 5.82 Å². The first-order valence-electron chi connectivity index (χ1n) is 7.12. The van der Waals surface area contributed by atoms with Crippen molar-refractivity contribution in [1.29, 1.82) is 0 Å². The zero-order chi connectivity index (χ0) is 15.7. The molecule has 0 aliphatic rings. The average Bonchev–Trinajstić information content (AvgIpc) is 2.47. The fraction of sp³-hybridized carbons (Fsp3) is 0.533. The van der Waals surface area contributed by atoms with Crippen molar-refractivity contribution in [3.63, 3.8) is 0 Å². The van der Waals surface area contributed by atoms with E-state index in [4.69, 9.17) is 9.84 Å². The first kappa shape index (κ1) is 17.2. The molecule has 0 aromatic heterocycles. The largest absolute Gasteiger partial charge is 0.489 e. The summed E-state index contributed by atoms with van der Waals surface area (Å²) in [6.45, 7) is 4.14. The number of aliphatic hydroxyl groups is 1. The highest BCUT2D eigenvalue weighted by Gasteiger charge is 2.11. The van der Waals surface area contributed by atoms with Crippen molar-refractivity contribution in [2.24, 2.45) is 0 Å². The quantitative estimate of drug-likeness (QED) is 0.688. The van der Waals surface area contributed by atoms with E-state index in [9.17, 15) is 9.18 Å². The third-order valence-corrected chi connectivity index (χ3v) is 3.01. The van der Waals surface area contributed by atoms with E-state index in [1.54, 1.807) is 12.1 Å². The molecule has 1 aromatic carbocycles. The number of rotatable bonds is 8. The maximum Gasteiger partial charge on any atom is 0.315 e. The van der Waals surface area contributed by atoms with Gasteiger partial charge >= 0.3 is 6.03 Å². The lowest BCUT2D eigenvalue weighted by atomic mass is 10.2. The molecule has 0 aliphatic heterocycles. The minimum absolute atomic E-state index is 0.0386. The SMILES string of the molecule is CCC(CCO)NC(=O)NCC(C)Oc1ccc(F)cc1. The number of halogens is 1. The van der Waals surface area contributed by atoms with Crippen LogP contribution >= 0.6 is 0 Å². The molecule has 0 saturated heterocycles. The maximum atomic E-state index is 12.8. The molecule has 21 heavy (non-hydrogen) atoms. The lowest BCUT2D eigenvalue weighted by Gasteiger charge is -2.19. The Bertz CT molecular complexity index is 425. The highest BCUT2D eigenvalue weighted by molar-refractivity contribution is 5.74. The van der Waals surface area contributed by atoms with Crippen LogP contribution in [0.25, 0.3) is 0 Å². The molecule has 0 bridgehead atoms. The van der Waals surface area contributed by atoms with Crippen LogP contribution in [0.5, 0.6) is 5.75 Å². The van der Waals surface area contributed by atoms with Gasteiger partial charge in [-0.15, -0.1) is 0 Å². The van der Waals surface area contributed by atoms with Crippen LogP contribution in [0.1, 0.15) is 26.7 Å². The molecule has 118 valence electrons. The van der Waals surface area contributed by atoms with E-state index in [0.717, 1.165) is 6.42 Å². The Hall–Kier alpha value is -1.82. The molecule has 0 heterocycles. The Morgan fingerprint density at radius 2 is 2.05 bits per heavy atom. The summed E-state index contributed by atoms with van der Waals surface area (Å²) in [6.07, 6.45) is 1.06.